The van der Waals surface area contributed by atoms with Crippen LogP contribution in [0.2, 0.25) is 0 Å². The summed E-state index contributed by atoms with van der Waals surface area (Å²) in [5.74, 6) is -0.286. The summed E-state index contributed by atoms with van der Waals surface area (Å²) in [6, 6.07) is 9.09. The molecule has 1 saturated heterocycles. The molecule has 3 rings (SSSR count). The Morgan fingerprint density at radius 1 is 1.22 bits per heavy atom. The van der Waals surface area contributed by atoms with Gasteiger partial charge in [0.2, 0.25) is 5.91 Å². The van der Waals surface area contributed by atoms with E-state index in [1.165, 1.54) is 24.3 Å². The first-order chi connectivity index (χ1) is 13.0. The first-order valence-electron chi connectivity index (χ1n) is 8.53. The van der Waals surface area contributed by atoms with Crippen LogP contribution in [0.15, 0.2) is 48.8 Å². The summed E-state index contributed by atoms with van der Waals surface area (Å²) in [5, 5.41) is 2.86. The average Bonchev–Trinajstić information content (AvgIpc) is 3.06. The quantitative estimate of drug-likeness (QED) is 0.808. The van der Waals surface area contributed by atoms with Gasteiger partial charge in [0.1, 0.15) is 5.75 Å². The molecule has 27 heavy (non-hydrogen) atoms. The highest BCUT2D eigenvalue weighted by Crippen LogP contribution is 2.18. The highest BCUT2D eigenvalue weighted by atomic mass is 19.3. The van der Waals surface area contributed by atoms with E-state index in [0.29, 0.717) is 31.5 Å². The molecule has 1 atom stereocenters. The van der Waals surface area contributed by atoms with Crippen molar-refractivity contribution in [1.29, 1.82) is 0 Å². The summed E-state index contributed by atoms with van der Waals surface area (Å²) in [4.78, 5) is 30.0. The van der Waals surface area contributed by atoms with Crippen molar-refractivity contribution in [2.24, 2.45) is 0 Å². The molecule has 1 aliphatic rings. The number of benzene rings is 1. The van der Waals surface area contributed by atoms with Crippen LogP contribution in [0.5, 0.6) is 5.75 Å². The fraction of sp³-hybridized carbons (Fsp3) is 0.316. The molecule has 8 heteroatoms. The monoisotopic (exact) mass is 375 g/mol. The van der Waals surface area contributed by atoms with E-state index in [4.69, 9.17) is 0 Å². The highest BCUT2D eigenvalue weighted by molar-refractivity contribution is 5.94. The van der Waals surface area contributed by atoms with Crippen molar-refractivity contribution in [3.63, 3.8) is 0 Å². The molecule has 0 bridgehead atoms. The van der Waals surface area contributed by atoms with Crippen LogP contribution in [-0.2, 0) is 11.3 Å². The number of hydrogen-bond acceptors (Lipinski definition) is 4. The lowest BCUT2D eigenvalue weighted by atomic mass is 10.1. The number of rotatable bonds is 7. The summed E-state index contributed by atoms with van der Waals surface area (Å²) < 4.78 is 28.9. The minimum atomic E-state index is -2.92. The maximum Gasteiger partial charge on any atom is 0.387 e. The van der Waals surface area contributed by atoms with Gasteiger partial charge >= 0.3 is 6.61 Å². The lowest BCUT2D eigenvalue weighted by Crippen LogP contribution is -2.41. The van der Waals surface area contributed by atoms with Gasteiger partial charge in [0.15, 0.2) is 0 Å². The van der Waals surface area contributed by atoms with Crippen molar-refractivity contribution >= 4 is 11.8 Å². The summed E-state index contributed by atoms with van der Waals surface area (Å²) in [5.41, 5.74) is 1.26. The molecule has 1 aliphatic heterocycles. The molecule has 0 unspecified atom stereocenters. The van der Waals surface area contributed by atoms with Gasteiger partial charge in [0, 0.05) is 43.5 Å². The molecule has 2 heterocycles. The normalized spacial score (nSPS) is 16.3. The van der Waals surface area contributed by atoms with E-state index in [1.54, 1.807) is 17.3 Å². The number of amides is 2. The van der Waals surface area contributed by atoms with Crippen LogP contribution in [0.25, 0.3) is 0 Å². The van der Waals surface area contributed by atoms with E-state index in [-0.39, 0.29) is 23.6 Å². The van der Waals surface area contributed by atoms with Gasteiger partial charge in [-0.3, -0.25) is 14.6 Å². The third kappa shape index (κ3) is 5.22. The van der Waals surface area contributed by atoms with Crippen molar-refractivity contribution in [2.75, 3.05) is 6.54 Å². The molecule has 0 spiro atoms. The van der Waals surface area contributed by atoms with Crippen molar-refractivity contribution < 1.29 is 23.1 Å². The number of carbonyl (C=O) groups is 2. The number of hydrogen-bond donors (Lipinski definition) is 1. The second kappa shape index (κ2) is 8.57. The van der Waals surface area contributed by atoms with Gasteiger partial charge in [-0.25, -0.2) is 0 Å². The second-order valence-corrected chi connectivity index (χ2v) is 6.25. The number of ether oxygens (including phenoxy) is 1. The van der Waals surface area contributed by atoms with E-state index in [0.717, 1.165) is 5.56 Å². The van der Waals surface area contributed by atoms with Gasteiger partial charge in [0.25, 0.3) is 5.91 Å². The Morgan fingerprint density at radius 2 is 1.93 bits per heavy atom. The number of nitrogens with one attached hydrogen (secondary N) is 1. The Balaban J connectivity index is 1.75. The molecule has 0 aliphatic carbocycles. The van der Waals surface area contributed by atoms with Crippen LogP contribution in [0.3, 0.4) is 0 Å². The third-order valence-electron chi connectivity index (χ3n) is 4.26. The molecule has 6 nitrogen and oxygen atoms in total. The first kappa shape index (κ1) is 18.8. The number of aromatic nitrogens is 1. The fourth-order valence-electron chi connectivity index (χ4n) is 2.97. The number of alkyl halides is 2. The number of halogens is 2. The van der Waals surface area contributed by atoms with Crippen LogP contribution in [-0.4, -0.2) is 40.9 Å². The maximum absolute atomic E-state index is 13.0. The average molecular weight is 375 g/mol. The minimum absolute atomic E-state index is 0.00899. The predicted octanol–water partition coefficient (Wildman–Crippen LogP) is 2.60. The Morgan fingerprint density at radius 3 is 2.52 bits per heavy atom. The molecule has 1 N–H and O–H groups in total. The van der Waals surface area contributed by atoms with Gasteiger partial charge in [-0.15, -0.1) is 0 Å². The molecular weight excluding hydrogens is 356 g/mol. The van der Waals surface area contributed by atoms with Crippen LogP contribution in [0.1, 0.15) is 28.8 Å². The predicted molar refractivity (Wildman–Crippen MR) is 93.2 cm³/mol. The minimum Gasteiger partial charge on any atom is -0.435 e. The summed E-state index contributed by atoms with van der Waals surface area (Å²) in [6.45, 7) is -2.20. The number of nitrogens with zero attached hydrogens (tertiary/aromatic N) is 2. The van der Waals surface area contributed by atoms with Crippen molar-refractivity contribution in [1.82, 2.24) is 15.2 Å². The van der Waals surface area contributed by atoms with Crippen molar-refractivity contribution in [2.45, 2.75) is 32.0 Å². The molecule has 142 valence electrons. The number of pyridine rings is 1. The standard InChI is InChI=1S/C19H19F2N3O3/c20-19(21)27-16-4-1-14(2-5-16)18(26)24(11-13-7-9-22-10-8-13)12-15-3-6-17(25)23-15/h1-2,4-5,7-10,15,19H,3,6,11-12H2,(H,23,25)/t15-/m0/s1. The van der Waals surface area contributed by atoms with Gasteiger partial charge in [0.05, 0.1) is 0 Å². The Hall–Kier alpha value is -3.03. The molecule has 1 aromatic carbocycles. The maximum atomic E-state index is 13.0. The van der Waals surface area contributed by atoms with E-state index in [9.17, 15) is 18.4 Å². The van der Waals surface area contributed by atoms with E-state index < -0.39 is 6.61 Å². The lowest BCUT2D eigenvalue weighted by molar-refractivity contribution is -0.119. The van der Waals surface area contributed by atoms with Gasteiger partial charge in [-0.05, 0) is 48.4 Å². The number of carbonyl (C=O) groups excluding carboxylic acids is 2. The molecule has 1 fully saturated rings. The van der Waals surface area contributed by atoms with Crippen LogP contribution >= 0.6 is 0 Å². The molecule has 0 radical (unpaired) electrons. The first-order valence-corrected chi connectivity index (χ1v) is 8.53. The molecule has 2 amide bonds. The Labute approximate surface area is 155 Å². The SMILES string of the molecule is O=C1CC[C@@H](CN(Cc2ccncc2)C(=O)c2ccc(OC(F)F)cc2)N1. The summed E-state index contributed by atoms with van der Waals surface area (Å²) in [6.07, 6.45) is 4.40. The summed E-state index contributed by atoms with van der Waals surface area (Å²) >= 11 is 0. The molecular formula is C19H19F2N3O3. The second-order valence-electron chi connectivity index (χ2n) is 6.25. The zero-order valence-electron chi connectivity index (χ0n) is 14.5. The smallest absolute Gasteiger partial charge is 0.387 e. The largest absolute Gasteiger partial charge is 0.435 e. The molecule has 0 saturated carbocycles. The zero-order chi connectivity index (χ0) is 19.2. The Bertz CT molecular complexity index is 785. The highest BCUT2D eigenvalue weighted by Gasteiger charge is 2.26. The van der Waals surface area contributed by atoms with E-state index >= 15 is 0 Å². The fourth-order valence-corrected chi connectivity index (χ4v) is 2.97. The van der Waals surface area contributed by atoms with Gasteiger partial charge in [-0.1, -0.05) is 0 Å². The van der Waals surface area contributed by atoms with E-state index in [1.807, 2.05) is 12.1 Å². The zero-order valence-corrected chi connectivity index (χ0v) is 14.5. The van der Waals surface area contributed by atoms with Crippen molar-refractivity contribution in [3.05, 3.63) is 59.9 Å². The third-order valence-corrected chi connectivity index (χ3v) is 4.26. The van der Waals surface area contributed by atoms with E-state index in [2.05, 4.69) is 15.0 Å². The Kier molecular flexibility index (Phi) is 5.95. The topological polar surface area (TPSA) is 71.5 Å². The van der Waals surface area contributed by atoms with Gasteiger partial charge in [-0.2, -0.15) is 8.78 Å². The summed E-state index contributed by atoms with van der Waals surface area (Å²) in [7, 11) is 0. The van der Waals surface area contributed by atoms with Gasteiger partial charge < -0.3 is 15.0 Å². The molecule has 1 aromatic heterocycles. The van der Waals surface area contributed by atoms with Crippen LogP contribution in [0.4, 0.5) is 8.78 Å². The van der Waals surface area contributed by atoms with Crippen LogP contribution in [0, 0.1) is 0 Å². The molecule has 2 aromatic rings. The van der Waals surface area contributed by atoms with Crippen molar-refractivity contribution in [3.8, 4) is 5.75 Å². The lowest BCUT2D eigenvalue weighted by Gasteiger charge is -2.26. The van der Waals surface area contributed by atoms with Crippen LogP contribution < -0.4 is 10.1 Å².